The Bertz CT molecular complexity index is 355. The molecular formula is C11H17N3O2. The van der Waals surface area contributed by atoms with Crippen LogP contribution in [0.15, 0.2) is 12.3 Å². The summed E-state index contributed by atoms with van der Waals surface area (Å²) in [4.78, 5) is 18.9. The number of hydrogen-bond donors (Lipinski definition) is 2. The highest BCUT2D eigenvalue weighted by atomic mass is 16.4. The first kappa shape index (κ1) is 12.4. The molecule has 0 fully saturated rings. The van der Waals surface area contributed by atoms with Gasteiger partial charge in [-0.1, -0.05) is 13.3 Å². The molecule has 0 saturated heterocycles. The van der Waals surface area contributed by atoms with Crippen molar-refractivity contribution >= 4 is 11.9 Å². The molecule has 0 bridgehead atoms. The number of hydrogen-bond acceptors (Lipinski definition) is 4. The fourth-order valence-electron chi connectivity index (χ4n) is 1.49. The van der Waals surface area contributed by atoms with Gasteiger partial charge in [0.05, 0.1) is 6.42 Å². The van der Waals surface area contributed by atoms with Crippen LogP contribution < -0.4 is 5.32 Å². The quantitative estimate of drug-likeness (QED) is 0.769. The zero-order chi connectivity index (χ0) is 12.0. The third-order valence-corrected chi connectivity index (χ3v) is 2.19. The molecule has 0 amide bonds. The molecule has 0 radical (unpaired) electrons. The van der Waals surface area contributed by atoms with Crippen molar-refractivity contribution < 1.29 is 9.90 Å². The Morgan fingerprint density at radius 1 is 1.62 bits per heavy atom. The molecule has 0 aliphatic carbocycles. The average Bonchev–Trinajstić information content (AvgIpc) is 2.16. The van der Waals surface area contributed by atoms with Crippen LogP contribution >= 0.6 is 0 Å². The SMILES string of the molecule is CCCC(CC(=O)O)Nc1nccc(C)n1. The molecule has 0 aromatic carbocycles. The van der Waals surface area contributed by atoms with E-state index in [1.807, 2.05) is 13.8 Å². The normalized spacial score (nSPS) is 12.1. The molecule has 1 aromatic heterocycles. The van der Waals surface area contributed by atoms with Crippen LogP contribution in [0.3, 0.4) is 0 Å². The number of aryl methyl sites for hydroxylation is 1. The molecule has 16 heavy (non-hydrogen) atoms. The molecule has 1 rings (SSSR count). The van der Waals surface area contributed by atoms with Gasteiger partial charge in [-0.3, -0.25) is 4.79 Å². The van der Waals surface area contributed by atoms with Crippen molar-refractivity contribution in [2.45, 2.75) is 39.2 Å². The minimum atomic E-state index is -0.807. The molecule has 1 heterocycles. The number of nitrogens with zero attached hydrogens (tertiary/aromatic N) is 2. The second-order valence-electron chi connectivity index (χ2n) is 3.75. The minimum absolute atomic E-state index is 0.0884. The van der Waals surface area contributed by atoms with Crippen molar-refractivity contribution in [3.63, 3.8) is 0 Å². The number of aliphatic carboxylic acids is 1. The second kappa shape index (κ2) is 6.05. The van der Waals surface area contributed by atoms with E-state index in [9.17, 15) is 4.79 Å². The van der Waals surface area contributed by atoms with Crippen LogP contribution in [0.5, 0.6) is 0 Å². The summed E-state index contributed by atoms with van der Waals surface area (Å²) in [5.74, 6) is -0.307. The molecule has 0 saturated carbocycles. The summed E-state index contributed by atoms with van der Waals surface area (Å²) in [7, 11) is 0. The van der Waals surface area contributed by atoms with Gasteiger partial charge in [-0.15, -0.1) is 0 Å². The summed E-state index contributed by atoms with van der Waals surface area (Å²) >= 11 is 0. The highest BCUT2D eigenvalue weighted by molar-refractivity contribution is 5.68. The van der Waals surface area contributed by atoms with Crippen molar-refractivity contribution in [3.8, 4) is 0 Å². The van der Waals surface area contributed by atoms with Gasteiger partial charge in [0, 0.05) is 17.9 Å². The number of rotatable bonds is 6. The summed E-state index contributed by atoms with van der Waals surface area (Å²) < 4.78 is 0. The monoisotopic (exact) mass is 223 g/mol. The molecule has 0 spiro atoms. The van der Waals surface area contributed by atoms with Gasteiger partial charge in [0.1, 0.15) is 0 Å². The Kier molecular flexibility index (Phi) is 4.69. The van der Waals surface area contributed by atoms with Crippen LogP contribution in [-0.4, -0.2) is 27.1 Å². The topological polar surface area (TPSA) is 75.1 Å². The minimum Gasteiger partial charge on any atom is -0.481 e. The largest absolute Gasteiger partial charge is 0.481 e. The van der Waals surface area contributed by atoms with Gasteiger partial charge in [-0.2, -0.15) is 0 Å². The lowest BCUT2D eigenvalue weighted by molar-refractivity contribution is -0.137. The predicted octanol–water partition coefficient (Wildman–Crippen LogP) is 1.84. The first-order valence-corrected chi connectivity index (χ1v) is 5.39. The zero-order valence-corrected chi connectivity index (χ0v) is 9.60. The number of nitrogens with one attached hydrogen (secondary N) is 1. The van der Waals surface area contributed by atoms with E-state index in [0.29, 0.717) is 5.95 Å². The summed E-state index contributed by atoms with van der Waals surface area (Å²) in [5.41, 5.74) is 0.864. The summed E-state index contributed by atoms with van der Waals surface area (Å²) in [5, 5.41) is 11.8. The third-order valence-electron chi connectivity index (χ3n) is 2.19. The highest BCUT2D eigenvalue weighted by Gasteiger charge is 2.13. The van der Waals surface area contributed by atoms with E-state index in [0.717, 1.165) is 18.5 Å². The number of carboxylic acid groups (broad SMARTS) is 1. The van der Waals surface area contributed by atoms with Gasteiger partial charge < -0.3 is 10.4 Å². The van der Waals surface area contributed by atoms with Crippen LogP contribution in [0.4, 0.5) is 5.95 Å². The molecule has 1 atom stereocenters. The number of carbonyl (C=O) groups is 1. The van der Waals surface area contributed by atoms with Crippen LogP contribution in [-0.2, 0) is 4.79 Å². The maximum Gasteiger partial charge on any atom is 0.305 e. The summed E-state index contributed by atoms with van der Waals surface area (Å²) in [6, 6.07) is 1.70. The number of aromatic nitrogens is 2. The second-order valence-corrected chi connectivity index (χ2v) is 3.75. The first-order valence-electron chi connectivity index (χ1n) is 5.39. The van der Waals surface area contributed by atoms with Crippen LogP contribution in [0.1, 0.15) is 31.9 Å². The summed E-state index contributed by atoms with van der Waals surface area (Å²) in [6.45, 7) is 3.90. The predicted molar refractivity (Wildman–Crippen MR) is 61.3 cm³/mol. The molecule has 5 nitrogen and oxygen atoms in total. The maximum absolute atomic E-state index is 10.7. The Morgan fingerprint density at radius 3 is 2.94 bits per heavy atom. The van der Waals surface area contributed by atoms with Gasteiger partial charge in [0.2, 0.25) is 5.95 Å². The Labute approximate surface area is 94.9 Å². The van der Waals surface area contributed by atoms with Crippen molar-refractivity contribution in [1.82, 2.24) is 9.97 Å². The van der Waals surface area contributed by atoms with Crippen LogP contribution in [0, 0.1) is 6.92 Å². The fourth-order valence-corrected chi connectivity index (χ4v) is 1.49. The van der Waals surface area contributed by atoms with E-state index >= 15 is 0 Å². The van der Waals surface area contributed by atoms with Gasteiger partial charge in [0.15, 0.2) is 0 Å². The Balaban J connectivity index is 2.63. The van der Waals surface area contributed by atoms with E-state index < -0.39 is 5.97 Å². The molecule has 88 valence electrons. The van der Waals surface area contributed by atoms with Crippen LogP contribution in [0.2, 0.25) is 0 Å². The number of carboxylic acids is 1. The van der Waals surface area contributed by atoms with Crippen molar-refractivity contribution in [3.05, 3.63) is 18.0 Å². The van der Waals surface area contributed by atoms with E-state index in [4.69, 9.17) is 5.11 Å². The third kappa shape index (κ3) is 4.25. The molecule has 1 unspecified atom stereocenters. The van der Waals surface area contributed by atoms with Crippen LogP contribution in [0.25, 0.3) is 0 Å². The van der Waals surface area contributed by atoms with E-state index in [1.165, 1.54) is 0 Å². The summed E-state index contributed by atoms with van der Waals surface area (Å²) in [6.07, 6.45) is 3.47. The standard InChI is InChI=1S/C11H17N3O2/c1-3-4-9(7-10(15)16)14-11-12-6-5-8(2)13-11/h5-6,9H,3-4,7H2,1-2H3,(H,15,16)(H,12,13,14). The van der Waals surface area contributed by atoms with Gasteiger partial charge in [-0.25, -0.2) is 9.97 Å². The first-order chi connectivity index (χ1) is 7.61. The maximum atomic E-state index is 10.7. The molecule has 1 aromatic rings. The lowest BCUT2D eigenvalue weighted by Gasteiger charge is -2.15. The van der Waals surface area contributed by atoms with E-state index in [2.05, 4.69) is 15.3 Å². The molecule has 0 aliphatic rings. The van der Waals surface area contributed by atoms with Gasteiger partial charge in [-0.05, 0) is 19.4 Å². The lowest BCUT2D eigenvalue weighted by atomic mass is 10.1. The lowest BCUT2D eigenvalue weighted by Crippen LogP contribution is -2.24. The molecule has 2 N–H and O–H groups in total. The van der Waals surface area contributed by atoms with Crippen molar-refractivity contribution in [2.24, 2.45) is 0 Å². The fraction of sp³-hybridized carbons (Fsp3) is 0.545. The highest BCUT2D eigenvalue weighted by Crippen LogP contribution is 2.09. The molecular weight excluding hydrogens is 206 g/mol. The van der Waals surface area contributed by atoms with Crippen molar-refractivity contribution in [2.75, 3.05) is 5.32 Å². The zero-order valence-electron chi connectivity index (χ0n) is 9.60. The van der Waals surface area contributed by atoms with E-state index in [-0.39, 0.29) is 12.5 Å². The van der Waals surface area contributed by atoms with E-state index in [1.54, 1.807) is 12.3 Å². The van der Waals surface area contributed by atoms with Gasteiger partial charge >= 0.3 is 5.97 Å². The number of anilines is 1. The Hall–Kier alpha value is -1.65. The molecule has 5 heteroatoms. The molecule has 0 aliphatic heterocycles. The smallest absolute Gasteiger partial charge is 0.305 e. The average molecular weight is 223 g/mol. The Morgan fingerprint density at radius 2 is 2.38 bits per heavy atom. The van der Waals surface area contributed by atoms with Gasteiger partial charge in [0.25, 0.3) is 0 Å². The van der Waals surface area contributed by atoms with Crippen molar-refractivity contribution in [1.29, 1.82) is 0 Å².